The molecule has 0 aliphatic carbocycles. The van der Waals surface area contributed by atoms with Gasteiger partial charge in [0, 0.05) is 76.7 Å². The van der Waals surface area contributed by atoms with E-state index in [1.165, 1.54) is 37.5 Å². The Morgan fingerprint density at radius 1 is 0.623 bits per heavy atom. The average Bonchev–Trinajstić information content (AvgIpc) is 3.21. The zero-order valence-electron chi connectivity index (χ0n) is 33.3. The minimum Gasteiger partial charge on any atom is -0.355 e. The molecule has 0 atom stereocenters. The highest BCUT2D eigenvalue weighted by Crippen LogP contribution is 2.33. The maximum absolute atomic E-state index is 14.5. The predicted octanol–water partition coefficient (Wildman–Crippen LogP) is 10.5. The van der Waals surface area contributed by atoms with Crippen molar-refractivity contribution in [3.05, 3.63) is 139 Å². The molecule has 0 saturated heterocycles. The van der Waals surface area contributed by atoms with E-state index in [9.17, 15) is 18.4 Å². The molecule has 4 N–H and O–H groups in total. The van der Waals surface area contributed by atoms with Gasteiger partial charge in [0.1, 0.15) is 35.4 Å². The van der Waals surface area contributed by atoms with Crippen LogP contribution < -0.4 is 21.3 Å². The zero-order chi connectivity index (χ0) is 43.1. The van der Waals surface area contributed by atoms with Crippen LogP contribution in [0.4, 0.5) is 43.3 Å². The van der Waals surface area contributed by atoms with Gasteiger partial charge in [0.15, 0.2) is 11.3 Å². The Labute approximate surface area is 354 Å². The first kappa shape index (κ1) is 41.6. The zero-order valence-corrected chi connectivity index (χ0v) is 34.1. The first-order valence-corrected chi connectivity index (χ1v) is 19.3. The summed E-state index contributed by atoms with van der Waals surface area (Å²) < 4.78 is 28.8. The number of halogens is 3. The van der Waals surface area contributed by atoms with Gasteiger partial charge in [-0.05, 0) is 78.2 Å². The van der Waals surface area contributed by atoms with Crippen LogP contribution in [0.25, 0.3) is 44.6 Å². The maximum atomic E-state index is 14.5. The van der Waals surface area contributed by atoms with E-state index in [2.05, 4.69) is 56.2 Å². The van der Waals surface area contributed by atoms with E-state index in [1.54, 1.807) is 79.3 Å². The number of carbonyl (C=O) groups is 2. The fourth-order valence-electron chi connectivity index (χ4n) is 6.17. The quantitative estimate of drug-likeness (QED) is 0.109. The van der Waals surface area contributed by atoms with Crippen molar-refractivity contribution in [2.45, 2.75) is 34.1 Å². The number of anilines is 6. The van der Waals surface area contributed by atoms with Gasteiger partial charge in [-0.1, -0.05) is 44.5 Å². The number of aromatic nitrogens is 7. The molecular weight excluding hydrogens is 800 g/mol. The lowest BCUT2D eigenvalue weighted by Gasteiger charge is -2.17. The van der Waals surface area contributed by atoms with Gasteiger partial charge in [-0.3, -0.25) is 9.59 Å². The van der Waals surface area contributed by atoms with Gasteiger partial charge in [0.25, 0.3) is 0 Å². The second kappa shape index (κ2) is 18.2. The molecule has 2 amide bonds. The van der Waals surface area contributed by atoms with Crippen molar-refractivity contribution in [2.75, 3.05) is 21.3 Å². The Balaban J connectivity index is 0.000000186. The van der Waals surface area contributed by atoms with Crippen molar-refractivity contribution in [1.29, 1.82) is 0 Å². The molecule has 6 heterocycles. The second-order valence-corrected chi connectivity index (χ2v) is 15.3. The molecule has 8 aromatic rings. The van der Waals surface area contributed by atoms with E-state index < -0.39 is 5.82 Å². The van der Waals surface area contributed by atoms with E-state index in [-0.39, 0.29) is 28.6 Å². The topological polar surface area (TPSA) is 172 Å². The van der Waals surface area contributed by atoms with Crippen LogP contribution in [-0.2, 0) is 9.59 Å². The van der Waals surface area contributed by atoms with E-state index >= 15 is 0 Å². The van der Waals surface area contributed by atoms with Crippen molar-refractivity contribution in [1.82, 2.24) is 34.9 Å². The van der Waals surface area contributed by atoms with Crippen molar-refractivity contribution >= 4 is 80.0 Å². The van der Waals surface area contributed by atoms with Crippen molar-refractivity contribution in [2.24, 2.45) is 5.41 Å². The summed E-state index contributed by atoms with van der Waals surface area (Å²) in [6, 6.07) is 26.7. The Kier molecular flexibility index (Phi) is 12.4. The molecule has 61 heavy (non-hydrogen) atoms. The fourth-order valence-corrected chi connectivity index (χ4v) is 6.35. The minimum atomic E-state index is -0.430. The number of carbonyl (C=O) groups excluding carboxylic acids is 2. The Morgan fingerprint density at radius 2 is 1.25 bits per heavy atom. The highest BCUT2D eigenvalue weighted by molar-refractivity contribution is 6.30. The van der Waals surface area contributed by atoms with Gasteiger partial charge in [0.2, 0.25) is 11.8 Å². The van der Waals surface area contributed by atoms with Crippen LogP contribution in [0.2, 0.25) is 5.02 Å². The molecule has 13 nitrogen and oxygen atoms in total. The standard InChI is InChI=1S/C25H23ClFN5O.C20H15FN6O/c1-25(2,3)14-23(33)32-22-12-16(8-10-28-22)30-20-13-21(18-11-15(26)6-7-19(18)27)31-24-17(20)5-4-9-29-24;1-12(28)25-18-10-19(24-11-23-18)26-17-9-16(13-5-2-3-7-15(13)21)27-20-14(17)6-4-8-22-20/h4-13H,14H2,1-3H3,(H2,28,29,30,31,32,33);2-11H,1H3,(H2,22,23,24,25,26,27,28). The van der Waals surface area contributed by atoms with Gasteiger partial charge in [0.05, 0.1) is 22.8 Å². The van der Waals surface area contributed by atoms with E-state index in [0.717, 1.165) is 10.8 Å². The number of hydrogen-bond acceptors (Lipinski definition) is 11. The van der Waals surface area contributed by atoms with Gasteiger partial charge >= 0.3 is 0 Å². The molecule has 0 fully saturated rings. The number of hydrogen-bond donors (Lipinski definition) is 4. The third-order valence-electron chi connectivity index (χ3n) is 8.75. The van der Waals surface area contributed by atoms with Gasteiger partial charge in [-0.15, -0.1) is 0 Å². The highest BCUT2D eigenvalue weighted by Gasteiger charge is 2.18. The number of nitrogens with zero attached hydrogens (tertiary/aromatic N) is 7. The maximum Gasteiger partial charge on any atom is 0.226 e. The average molecular weight is 838 g/mol. The molecule has 306 valence electrons. The summed E-state index contributed by atoms with van der Waals surface area (Å²) in [6.07, 6.45) is 6.58. The Bertz CT molecular complexity index is 2910. The summed E-state index contributed by atoms with van der Waals surface area (Å²) >= 11 is 6.09. The molecule has 0 aliphatic heterocycles. The summed E-state index contributed by atoms with van der Waals surface area (Å²) in [4.78, 5) is 53.6. The third-order valence-corrected chi connectivity index (χ3v) is 8.99. The van der Waals surface area contributed by atoms with Gasteiger partial charge in [-0.25, -0.2) is 43.7 Å². The third kappa shape index (κ3) is 10.8. The second-order valence-electron chi connectivity index (χ2n) is 14.9. The molecule has 0 spiro atoms. The number of fused-ring (bicyclic) bond motifs is 2. The number of rotatable bonds is 9. The van der Waals surface area contributed by atoms with E-state index in [4.69, 9.17) is 11.6 Å². The SMILES string of the molecule is CC(=O)Nc1cc(Nc2cc(-c3ccccc3F)nc3ncccc23)ncn1.CC(C)(C)CC(=O)Nc1cc(Nc2cc(-c3cc(Cl)ccc3F)nc3ncccc23)ccn1. The highest BCUT2D eigenvalue weighted by atomic mass is 35.5. The lowest BCUT2D eigenvalue weighted by Crippen LogP contribution is -2.20. The van der Waals surface area contributed by atoms with Crippen LogP contribution in [0, 0.1) is 17.0 Å². The van der Waals surface area contributed by atoms with Crippen molar-refractivity contribution < 1.29 is 18.4 Å². The van der Waals surface area contributed by atoms with Crippen LogP contribution in [-0.4, -0.2) is 46.7 Å². The molecular formula is C45H38ClF2N11O2. The van der Waals surface area contributed by atoms with Crippen LogP contribution in [0.5, 0.6) is 0 Å². The molecule has 0 bridgehead atoms. The van der Waals surface area contributed by atoms with Crippen LogP contribution in [0.1, 0.15) is 34.1 Å². The summed E-state index contributed by atoms with van der Waals surface area (Å²) in [7, 11) is 0. The Hall–Kier alpha value is -7.52. The fraction of sp³-hybridized carbons (Fsp3) is 0.133. The molecule has 0 aliphatic rings. The summed E-state index contributed by atoms with van der Waals surface area (Å²) in [6.45, 7) is 7.40. The minimum absolute atomic E-state index is 0.107. The number of benzene rings is 2. The van der Waals surface area contributed by atoms with Crippen LogP contribution in [0.3, 0.4) is 0 Å². The van der Waals surface area contributed by atoms with Crippen LogP contribution >= 0.6 is 11.6 Å². The normalized spacial score (nSPS) is 11.1. The largest absolute Gasteiger partial charge is 0.355 e. The number of amides is 2. The smallest absolute Gasteiger partial charge is 0.226 e. The summed E-state index contributed by atoms with van der Waals surface area (Å²) in [5, 5.41) is 13.9. The van der Waals surface area contributed by atoms with Crippen molar-refractivity contribution in [3.8, 4) is 22.5 Å². The van der Waals surface area contributed by atoms with Gasteiger partial charge < -0.3 is 21.3 Å². The number of pyridine rings is 5. The molecule has 8 rings (SSSR count). The lowest BCUT2D eigenvalue weighted by atomic mass is 9.92. The predicted molar refractivity (Wildman–Crippen MR) is 235 cm³/mol. The Morgan fingerprint density at radius 3 is 1.92 bits per heavy atom. The number of nitrogens with one attached hydrogen (secondary N) is 4. The monoisotopic (exact) mass is 837 g/mol. The first-order chi connectivity index (χ1) is 29.3. The van der Waals surface area contributed by atoms with E-state index in [0.29, 0.717) is 74.2 Å². The van der Waals surface area contributed by atoms with Crippen LogP contribution in [0.15, 0.2) is 122 Å². The molecule has 0 unspecified atom stereocenters. The van der Waals surface area contributed by atoms with Gasteiger partial charge in [-0.2, -0.15) is 0 Å². The lowest BCUT2D eigenvalue weighted by molar-refractivity contribution is -0.118. The summed E-state index contributed by atoms with van der Waals surface area (Å²) in [5.74, 6) is 0.138. The molecule has 6 aromatic heterocycles. The first-order valence-electron chi connectivity index (χ1n) is 18.9. The molecule has 2 aromatic carbocycles. The van der Waals surface area contributed by atoms with Crippen molar-refractivity contribution in [3.63, 3.8) is 0 Å². The summed E-state index contributed by atoms with van der Waals surface area (Å²) in [5.41, 5.74) is 4.34. The molecule has 0 saturated carbocycles. The van der Waals surface area contributed by atoms with E-state index in [1.807, 2.05) is 32.9 Å². The molecule has 0 radical (unpaired) electrons. The molecule has 16 heteroatoms.